The van der Waals surface area contributed by atoms with Gasteiger partial charge in [0.2, 0.25) is 0 Å². The number of piperidine rings is 1. The molecular formula is C15H22N4. The lowest BCUT2D eigenvalue weighted by Crippen LogP contribution is -2.43. The van der Waals surface area contributed by atoms with E-state index in [9.17, 15) is 0 Å². The molecule has 1 aromatic carbocycles. The lowest BCUT2D eigenvalue weighted by Gasteiger charge is -2.37. The van der Waals surface area contributed by atoms with E-state index >= 15 is 0 Å². The molecule has 1 aliphatic heterocycles. The van der Waals surface area contributed by atoms with E-state index in [-0.39, 0.29) is 0 Å². The third-order valence-electron chi connectivity index (χ3n) is 4.14. The molecule has 2 N–H and O–H groups in total. The fourth-order valence-corrected chi connectivity index (χ4v) is 2.78. The number of nitrogens with zero attached hydrogens (tertiary/aromatic N) is 3. The second-order valence-corrected chi connectivity index (χ2v) is 5.13. The molecule has 0 spiro atoms. The average molecular weight is 258 g/mol. The molecule has 4 heteroatoms. The Labute approximate surface area is 115 Å². The Bertz CT molecular complexity index is 470. The molecule has 1 saturated heterocycles. The molecule has 1 aliphatic rings. The molecule has 0 radical (unpaired) electrons. The quantitative estimate of drug-likeness (QED) is 0.843. The van der Waals surface area contributed by atoms with Crippen LogP contribution in [0.5, 0.6) is 0 Å². The van der Waals surface area contributed by atoms with Gasteiger partial charge in [0.1, 0.15) is 6.07 Å². The maximum absolute atomic E-state index is 9.05. The van der Waals surface area contributed by atoms with Crippen molar-refractivity contribution < 1.29 is 0 Å². The normalized spacial score (nSPS) is 17.1. The summed E-state index contributed by atoms with van der Waals surface area (Å²) < 4.78 is 0. The summed E-state index contributed by atoms with van der Waals surface area (Å²) in [4.78, 5) is 4.71. The van der Waals surface area contributed by atoms with Crippen LogP contribution in [0.4, 0.5) is 11.4 Å². The molecule has 0 aliphatic carbocycles. The van der Waals surface area contributed by atoms with Crippen LogP contribution in [0.2, 0.25) is 0 Å². The fourth-order valence-electron chi connectivity index (χ4n) is 2.78. The smallest absolute Gasteiger partial charge is 0.101 e. The molecule has 0 bridgehead atoms. The fraction of sp³-hybridized carbons (Fsp3) is 0.533. The van der Waals surface area contributed by atoms with Gasteiger partial charge in [-0.2, -0.15) is 5.26 Å². The third kappa shape index (κ3) is 2.82. The molecule has 1 fully saturated rings. The SMILES string of the molecule is CCN1CCC(N(C)c2cccc(C#N)c2N)CC1. The Hall–Kier alpha value is -1.73. The van der Waals surface area contributed by atoms with Crippen molar-refractivity contribution in [1.82, 2.24) is 4.90 Å². The van der Waals surface area contributed by atoms with Gasteiger partial charge in [-0.25, -0.2) is 0 Å². The first-order chi connectivity index (χ1) is 9.17. The highest BCUT2D eigenvalue weighted by atomic mass is 15.2. The highest BCUT2D eigenvalue weighted by Crippen LogP contribution is 2.29. The van der Waals surface area contributed by atoms with Gasteiger partial charge >= 0.3 is 0 Å². The lowest BCUT2D eigenvalue weighted by molar-refractivity contribution is 0.221. The third-order valence-corrected chi connectivity index (χ3v) is 4.14. The van der Waals surface area contributed by atoms with E-state index < -0.39 is 0 Å². The van der Waals surface area contributed by atoms with Gasteiger partial charge in [0.25, 0.3) is 0 Å². The van der Waals surface area contributed by atoms with Gasteiger partial charge in [-0.3, -0.25) is 0 Å². The van der Waals surface area contributed by atoms with Crippen LogP contribution < -0.4 is 10.6 Å². The zero-order valence-corrected chi connectivity index (χ0v) is 11.8. The van der Waals surface area contributed by atoms with Crippen molar-refractivity contribution in [2.45, 2.75) is 25.8 Å². The molecule has 0 atom stereocenters. The Kier molecular flexibility index (Phi) is 4.28. The Morgan fingerprint density at radius 3 is 2.68 bits per heavy atom. The van der Waals surface area contributed by atoms with Gasteiger partial charge in [0.05, 0.1) is 16.9 Å². The van der Waals surface area contributed by atoms with Gasteiger partial charge < -0.3 is 15.5 Å². The number of hydrogen-bond donors (Lipinski definition) is 1. The minimum Gasteiger partial charge on any atom is -0.396 e. The highest BCUT2D eigenvalue weighted by molar-refractivity contribution is 5.74. The molecule has 1 aromatic rings. The number of nitrogen functional groups attached to an aromatic ring is 1. The second kappa shape index (κ2) is 5.94. The number of nitrogens with two attached hydrogens (primary N) is 1. The van der Waals surface area contributed by atoms with Crippen LogP contribution in [0.25, 0.3) is 0 Å². The van der Waals surface area contributed by atoms with E-state index in [2.05, 4.69) is 29.8 Å². The van der Waals surface area contributed by atoms with Crippen LogP contribution in [0.3, 0.4) is 0 Å². The molecule has 0 aromatic heterocycles. The molecule has 102 valence electrons. The predicted molar refractivity (Wildman–Crippen MR) is 79.1 cm³/mol. The minimum atomic E-state index is 0.513. The van der Waals surface area contributed by atoms with Gasteiger partial charge in [-0.15, -0.1) is 0 Å². The van der Waals surface area contributed by atoms with Crippen molar-refractivity contribution in [2.24, 2.45) is 0 Å². The Morgan fingerprint density at radius 1 is 1.42 bits per heavy atom. The second-order valence-electron chi connectivity index (χ2n) is 5.13. The van der Waals surface area contributed by atoms with Crippen molar-refractivity contribution in [2.75, 3.05) is 37.3 Å². The van der Waals surface area contributed by atoms with Crippen molar-refractivity contribution in [3.8, 4) is 6.07 Å². The van der Waals surface area contributed by atoms with Crippen LogP contribution >= 0.6 is 0 Å². The van der Waals surface area contributed by atoms with Crippen molar-refractivity contribution in [3.63, 3.8) is 0 Å². The number of para-hydroxylation sites is 1. The van der Waals surface area contributed by atoms with E-state index in [4.69, 9.17) is 11.0 Å². The van der Waals surface area contributed by atoms with Crippen LogP contribution in [0.1, 0.15) is 25.3 Å². The number of nitriles is 1. The van der Waals surface area contributed by atoms with E-state index in [0.717, 1.165) is 38.2 Å². The molecule has 19 heavy (non-hydrogen) atoms. The standard InChI is InChI=1S/C15H22N4/c1-3-19-9-7-13(8-10-19)18(2)14-6-4-5-12(11-16)15(14)17/h4-6,13H,3,7-10,17H2,1-2H3. The van der Waals surface area contributed by atoms with E-state index in [1.807, 2.05) is 12.1 Å². The molecule has 2 rings (SSSR count). The summed E-state index contributed by atoms with van der Waals surface area (Å²) in [5.41, 5.74) is 8.23. The van der Waals surface area contributed by atoms with Crippen LogP contribution in [0, 0.1) is 11.3 Å². The van der Waals surface area contributed by atoms with Crippen molar-refractivity contribution in [1.29, 1.82) is 5.26 Å². The van der Waals surface area contributed by atoms with Gasteiger partial charge in [-0.1, -0.05) is 13.0 Å². The van der Waals surface area contributed by atoms with E-state index in [1.54, 1.807) is 6.07 Å². The summed E-state index contributed by atoms with van der Waals surface area (Å²) in [6, 6.07) is 8.34. The number of benzene rings is 1. The summed E-state index contributed by atoms with van der Waals surface area (Å²) in [6.07, 6.45) is 2.31. The topological polar surface area (TPSA) is 56.3 Å². The average Bonchev–Trinajstić information content (AvgIpc) is 2.47. The summed E-state index contributed by atoms with van der Waals surface area (Å²) >= 11 is 0. The van der Waals surface area contributed by atoms with E-state index in [1.165, 1.54) is 0 Å². The number of rotatable bonds is 3. The zero-order valence-electron chi connectivity index (χ0n) is 11.8. The summed E-state index contributed by atoms with van der Waals surface area (Å²) in [5, 5.41) is 9.05. The van der Waals surface area contributed by atoms with Crippen LogP contribution in [-0.2, 0) is 0 Å². The van der Waals surface area contributed by atoms with Crippen molar-refractivity contribution in [3.05, 3.63) is 23.8 Å². The molecule has 1 heterocycles. The zero-order chi connectivity index (χ0) is 13.8. The Balaban J connectivity index is 2.13. The maximum atomic E-state index is 9.05. The van der Waals surface area contributed by atoms with Gasteiger partial charge in [-0.05, 0) is 31.5 Å². The molecule has 0 saturated carbocycles. The highest BCUT2D eigenvalue weighted by Gasteiger charge is 2.23. The minimum absolute atomic E-state index is 0.513. The lowest BCUT2D eigenvalue weighted by atomic mass is 10.0. The first-order valence-corrected chi connectivity index (χ1v) is 6.91. The van der Waals surface area contributed by atoms with Crippen LogP contribution in [-0.4, -0.2) is 37.6 Å². The largest absolute Gasteiger partial charge is 0.396 e. The Morgan fingerprint density at radius 2 is 2.11 bits per heavy atom. The summed E-state index contributed by atoms with van der Waals surface area (Å²) in [5.74, 6) is 0. The number of anilines is 2. The van der Waals surface area contributed by atoms with Gasteiger partial charge in [0.15, 0.2) is 0 Å². The monoisotopic (exact) mass is 258 g/mol. The van der Waals surface area contributed by atoms with Crippen molar-refractivity contribution >= 4 is 11.4 Å². The number of likely N-dealkylation sites (tertiary alicyclic amines) is 1. The molecular weight excluding hydrogens is 236 g/mol. The summed E-state index contributed by atoms with van der Waals surface area (Å²) in [6.45, 7) is 5.62. The molecule has 0 unspecified atom stereocenters. The first-order valence-electron chi connectivity index (χ1n) is 6.91. The van der Waals surface area contributed by atoms with Gasteiger partial charge in [0, 0.05) is 26.2 Å². The van der Waals surface area contributed by atoms with Crippen LogP contribution in [0.15, 0.2) is 18.2 Å². The predicted octanol–water partition coefficient (Wildman–Crippen LogP) is 2.06. The van der Waals surface area contributed by atoms with E-state index in [0.29, 0.717) is 17.3 Å². The molecule has 0 amide bonds. The first kappa shape index (κ1) is 13.7. The summed E-state index contributed by atoms with van der Waals surface area (Å²) in [7, 11) is 2.08. The molecule has 4 nitrogen and oxygen atoms in total. The number of hydrogen-bond acceptors (Lipinski definition) is 4. The maximum Gasteiger partial charge on any atom is 0.101 e.